The summed E-state index contributed by atoms with van der Waals surface area (Å²) in [6.07, 6.45) is 5.47. The highest BCUT2D eigenvalue weighted by Crippen LogP contribution is 2.32. The van der Waals surface area contributed by atoms with Crippen molar-refractivity contribution in [3.63, 3.8) is 0 Å². The van der Waals surface area contributed by atoms with Crippen molar-refractivity contribution in [1.29, 1.82) is 0 Å². The maximum atomic E-state index is 13.8. The zero-order chi connectivity index (χ0) is 25.7. The number of nitrogens with zero attached hydrogens (tertiary/aromatic N) is 1. The molecular formula is C29H33N3O4. The Labute approximate surface area is 211 Å². The van der Waals surface area contributed by atoms with Crippen LogP contribution in [0.3, 0.4) is 0 Å². The molecule has 2 N–H and O–H groups in total. The van der Waals surface area contributed by atoms with Crippen LogP contribution in [-0.2, 0) is 9.59 Å². The van der Waals surface area contributed by atoms with Crippen molar-refractivity contribution in [2.45, 2.75) is 64.5 Å². The van der Waals surface area contributed by atoms with Crippen LogP contribution < -0.4 is 15.5 Å². The Kier molecular flexibility index (Phi) is 7.88. The van der Waals surface area contributed by atoms with Gasteiger partial charge in [-0.3, -0.25) is 19.3 Å². The third kappa shape index (κ3) is 5.85. The molecule has 0 bridgehead atoms. The fourth-order valence-electron chi connectivity index (χ4n) is 4.64. The van der Waals surface area contributed by atoms with Crippen LogP contribution in [-0.4, -0.2) is 23.8 Å². The maximum absolute atomic E-state index is 13.8. The molecular weight excluding hydrogens is 454 g/mol. The van der Waals surface area contributed by atoms with Gasteiger partial charge in [-0.15, -0.1) is 0 Å². The summed E-state index contributed by atoms with van der Waals surface area (Å²) in [5, 5.41) is 5.92. The highest BCUT2D eigenvalue weighted by molar-refractivity contribution is 6.08. The highest BCUT2D eigenvalue weighted by Gasteiger charge is 2.35. The van der Waals surface area contributed by atoms with E-state index in [1.807, 2.05) is 24.3 Å². The largest absolute Gasteiger partial charge is 0.459 e. The van der Waals surface area contributed by atoms with Crippen LogP contribution in [0, 0.1) is 0 Å². The summed E-state index contributed by atoms with van der Waals surface area (Å²) in [6, 6.07) is 17.2. The quantitative estimate of drug-likeness (QED) is 0.420. The molecule has 0 unspecified atom stereocenters. The second-order valence-electron chi connectivity index (χ2n) is 9.59. The molecule has 7 nitrogen and oxygen atoms in total. The lowest BCUT2D eigenvalue weighted by atomic mass is 9.97. The molecule has 4 rings (SSSR count). The second kappa shape index (κ2) is 11.2. The first-order chi connectivity index (χ1) is 17.3. The summed E-state index contributed by atoms with van der Waals surface area (Å²) in [6.45, 7) is 5.66. The van der Waals surface area contributed by atoms with Crippen LogP contribution in [0.2, 0.25) is 0 Å². The Balaban J connectivity index is 1.78. The van der Waals surface area contributed by atoms with Gasteiger partial charge in [0.05, 0.1) is 6.26 Å². The fourth-order valence-corrected chi connectivity index (χ4v) is 4.64. The van der Waals surface area contributed by atoms with Crippen LogP contribution in [0.4, 0.5) is 11.4 Å². The van der Waals surface area contributed by atoms with Gasteiger partial charge in [0.1, 0.15) is 6.04 Å². The van der Waals surface area contributed by atoms with Gasteiger partial charge >= 0.3 is 0 Å². The molecule has 2 aromatic carbocycles. The standard InChI is InChI=1S/C29H33N3O4/c1-19(2)21-10-12-22(13-11-21)27(28(34)31-23-7-4-5-8-23)32(29(35)26-9-6-18-36-26)25-16-14-24(15-17-25)30-20(3)33/h6,9-19,23,27H,4-5,7-8H2,1-3H3,(H,30,33)(H,31,34)/t27-/m0/s1. The number of carbonyl (C=O) groups is 3. The van der Waals surface area contributed by atoms with Gasteiger partial charge in [0.15, 0.2) is 5.76 Å². The molecule has 0 radical (unpaired) electrons. The molecule has 188 valence electrons. The van der Waals surface area contributed by atoms with Crippen molar-refractivity contribution in [3.8, 4) is 0 Å². The minimum Gasteiger partial charge on any atom is -0.459 e. The Morgan fingerprint density at radius 2 is 1.56 bits per heavy atom. The third-order valence-electron chi connectivity index (χ3n) is 6.54. The van der Waals surface area contributed by atoms with E-state index in [4.69, 9.17) is 4.42 Å². The fraction of sp³-hybridized carbons (Fsp3) is 0.345. The van der Waals surface area contributed by atoms with E-state index in [9.17, 15) is 14.4 Å². The Hall–Kier alpha value is -3.87. The normalized spacial score (nSPS) is 14.4. The van der Waals surface area contributed by atoms with E-state index in [0.717, 1.165) is 31.2 Å². The number of hydrogen-bond donors (Lipinski definition) is 2. The van der Waals surface area contributed by atoms with E-state index < -0.39 is 11.9 Å². The summed E-state index contributed by atoms with van der Waals surface area (Å²) >= 11 is 0. The summed E-state index contributed by atoms with van der Waals surface area (Å²) < 4.78 is 5.44. The number of hydrogen-bond acceptors (Lipinski definition) is 4. The van der Waals surface area contributed by atoms with Crippen LogP contribution in [0.25, 0.3) is 0 Å². The van der Waals surface area contributed by atoms with Gasteiger partial charge in [-0.05, 0) is 66.3 Å². The summed E-state index contributed by atoms with van der Waals surface area (Å²) in [7, 11) is 0. The topological polar surface area (TPSA) is 91.7 Å². The average Bonchev–Trinajstić information content (AvgIpc) is 3.57. The van der Waals surface area contributed by atoms with E-state index in [0.29, 0.717) is 22.9 Å². The van der Waals surface area contributed by atoms with Crippen molar-refractivity contribution in [3.05, 3.63) is 83.8 Å². The first-order valence-corrected chi connectivity index (χ1v) is 12.5. The SMILES string of the molecule is CC(=O)Nc1ccc(N(C(=O)c2ccco2)[C@H](C(=O)NC2CCCC2)c2ccc(C(C)C)cc2)cc1. The minimum atomic E-state index is -0.906. The summed E-state index contributed by atoms with van der Waals surface area (Å²) in [5.41, 5.74) is 2.98. The Morgan fingerprint density at radius 1 is 0.917 bits per heavy atom. The Bertz CT molecular complexity index is 1180. The van der Waals surface area contributed by atoms with Gasteiger partial charge in [0.2, 0.25) is 11.8 Å². The maximum Gasteiger partial charge on any atom is 0.294 e. The van der Waals surface area contributed by atoms with Gasteiger partial charge in [-0.2, -0.15) is 0 Å². The number of rotatable bonds is 8. The van der Waals surface area contributed by atoms with Crippen LogP contribution in [0.15, 0.2) is 71.3 Å². The van der Waals surface area contributed by atoms with Gasteiger partial charge in [0.25, 0.3) is 5.91 Å². The molecule has 0 spiro atoms. The predicted molar refractivity (Wildman–Crippen MR) is 140 cm³/mol. The molecule has 3 aromatic rings. The van der Waals surface area contributed by atoms with Crippen molar-refractivity contribution < 1.29 is 18.8 Å². The first-order valence-electron chi connectivity index (χ1n) is 12.5. The molecule has 0 aliphatic heterocycles. The first kappa shape index (κ1) is 25.2. The predicted octanol–water partition coefficient (Wildman–Crippen LogP) is 5.81. The van der Waals surface area contributed by atoms with Crippen molar-refractivity contribution >= 4 is 29.1 Å². The molecule has 36 heavy (non-hydrogen) atoms. The van der Waals surface area contributed by atoms with Gasteiger partial charge in [0, 0.05) is 24.3 Å². The molecule has 7 heteroatoms. The van der Waals surface area contributed by atoms with Gasteiger partial charge in [-0.1, -0.05) is 51.0 Å². The number of carbonyl (C=O) groups excluding carboxylic acids is 3. The van der Waals surface area contributed by atoms with Gasteiger partial charge in [-0.25, -0.2) is 0 Å². The molecule has 3 amide bonds. The second-order valence-corrected chi connectivity index (χ2v) is 9.59. The third-order valence-corrected chi connectivity index (χ3v) is 6.54. The number of nitrogens with one attached hydrogen (secondary N) is 2. The average molecular weight is 488 g/mol. The Morgan fingerprint density at radius 3 is 2.11 bits per heavy atom. The van der Waals surface area contributed by atoms with E-state index in [-0.39, 0.29) is 23.6 Å². The van der Waals surface area contributed by atoms with E-state index in [1.165, 1.54) is 18.1 Å². The molecule has 1 saturated carbocycles. The zero-order valence-electron chi connectivity index (χ0n) is 21.0. The number of anilines is 2. The highest BCUT2D eigenvalue weighted by atomic mass is 16.3. The number of amides is 3. The molecule has 1 fully saturated rings. The van der Waals surface area contributed by atoms with Crippen molar-refractivity contribution in [2.75, 3.05) is 10.2 Å². The summed E-state index contributed by atoms with van der Waals surface area (Å²) in [4.78, 5) is 40.6. The monoisotopic (exact) mass is 487 g/mol. The van der Waals surface area contributed by atoms with Gasteiger partial charge < -0.3 is 15.1 Å². The summed E-state index contributed by atoms with van der Waals surface area (Å²) in [5.74, 6) is -0.368. The molecule has 1 aliphatic carbocycles. The van der Waals surface area contributed by atoms with E-state index in [2.05, 4.69) is 24.5 Å². The molecule has 0 saturated heterocycles. The lowest BCUT2D eigenvalue weighted by Crippen LogP contribution is -2.46. The number of furan rings is 1. The molecule has 1 atom stereocenters. The number of benzene rings is 2. The minimum absolute atomic E-state index is 0.0950. The zero-order valence-corrected chi connectivity index (χ0v) is 21.0. The van der Waals surface area contributed by atoms with Crippen LogP contribution in [0.5, 0.6) is 0 Å². The smallest absolute Gasteiger partial charge is 0.294 e. The lowest BCUT2D eigenvalue weighted by Gasteiger charge is -2.32. The van der Waals surface area contributed by atoms with Crippen molar-refractivity contribution in [1.82, 2.24) is 5.32 Å². The van der Waals surface area contributed by atoms with Crippen LogP contribution >= 0.6 is 0 Å². The van der Waals surface area contributed by atoms with Crippen molar-refractivity contribution in [2.24, 2.45) is 0 Å². The molecule has 1 heterocycles. The van der Waals surface area contributed by atoms with E-state index in [1.54, 1.807) is 36.4 Å². The van der Waals surface area contributed by atoms with E-state index >= 15 is 0 Å². The lowest BCUT2D eigenvalue weighted by molar-refractivity contribution is -0.123. The van der Waals surface area contributed by atoms with Crippen LogP contribution in [0.1, 0.15) is 80.1 Å². The molecule has 1 aliphatic rings. The molecule has 1 aromatic heterocycles.